The second-order valence-corrected chi connectivity index (χ2v) is 2.91. The topological polar surface area (TPSA) is 21.3 Å². The molecule has 0 heterocycles. The number of hydrogen-bond acceptors (Lipinski definition) is 2. The highest BCUT2D eigenvalue weighted by atomic mass is 19.1. The summed E-state index contributed by atoms with van der Waals surface area (Å²) >= 11 is 0. The lowest BCUT2D eigenvalue weighted by Crippen LogP contribution is -2.12. The van der Waals surface area contributed by atoms with Crippen molar-refractivity contribution in [2.24, 2.45) is 0 Å². The molecular weight excluding hydrogens is 188 g/mol. The highest BCUT2D eigenvalue weighted by Crippen LogP contribution is 2.15. The van der Waals surface area contributed by atoms with Crippen LogP contribution < -0.4 is 5.48 Å². The fraction of sp³-hybridized carbons (Fsp3) is 0.400. The SMILES string of the molecule is CCc1cc(CNOC)c(F)cc1F. The van der Waals surface area contributed by atoms with E-state index in [9.17, 15) is 8.78 Å². The number of aryl methyl sites for hydroxylation is 1. The minimum Gasteiger partial charge on any atom is -0.305 e. The molecule has 0 saturated heterocycles. The van der Waals surface area contributed by atoms with E-state index in [-0.39, 0.29) is 6.54 Å². The Labute approximate surface area is 81.8 Å². The van der Waals surface area contributed by atoms with Crippen molar-refractivity contribution < 1.29 is 13.6 Å². The summed E-state index contributed by atoms with van der Waals surface area (Å²) in [5, 5.41) is 0. The summed E-state index contributed by atoms with van der Waals surface area (Å²) in [6.07, 6.45) is 0.548. The normalized spacial score (nSPS) is 10.6. The molecule has 0 atom stereocenters. The molecular formula is C10H13F2NO. The molecule has 2 nitrogen and oxygen atoms in total. The van der Waals surface area contributed by atoms with Crippen molar-refractivity contribution in [3.63, 3.8) is 0 Å². The Morgan fingerprint density at radius 3 is 2.43 bits per heavy atom. The Bertz CT molecular complexity index is 315. The molecule has 0 aliphatic heterocycles. The Balaban J connectivity index is 2.92. The summed E-state index contributed by atoms with van der Waals surface area (Å²) in [6, 6.07) is 2.42. The molecule has 0 amide bonds. The van der Waals surface area contributed by atoms with Gasteiger partial charge in [-0.1, -0.05) is 6.92 Å². The molecule has 0 saturated carbocycles. The van der Waals surface area contributed by atoms with E-state index in [0.29, 0.717) is 17.5 Å². The molecule has 0 radical (unpaired) electrons. The zero-order chi connectivity index (χ0) is 10.6. The molecule has 14 heavy (non-hydrogen) atoms. The average Bonchev–Trinajstić information content (AvgIpc) is 2.17. The molecule has 1 N–H and O–H groups in total. The first-order valence-electron chi connectivity index (χ1n) is 4.41. The van der Waals surface area contributed by atoms with Gasteiger partial charge in [-0.2, -0.15) is 5.48 Å². The van der Waals surface area contributed by atoms with Crippen molar-refractivity contribution in [2.45, 2.75) is 19.9 Å². The maximum atomic E-state index is 13.2. The Hall–Kier alpha value is -1.00. The van der Waals surface area contributed by atoms with Crippen LogP contribution in [0.1, 0.15) is 18.1 Å². The van der Waals surface area contributed by atoms with E-state index in [4.69, 9.17) is 0 Å². The monoisotopic (exact) mass is 201 g/mol. The number of nitrogens with one attached hydrogen (secondary N) is 1. The van der Waals surface area contributed by atoms with Crippen molar-refractivity contribution in [1.82, 2.24) is 5.48 Å². The van der Waals surface area contributed by atoms with Crippen molar-refractivity contribution in [2.75, 3.05) is 7.11 Å². The fourth-order valence-electron chi connectivity index (χ4n) is 1.20. The third-order valence-electron chi connectivity index (χ3n) is 2.00. The van der Waals surface area contributed by atoms with Crippen LogP contribution in [0.2, 0.25) is 0 Å². The van der Waals surface area contributed by atoms with E-state index >= 15 is 0 Å². The van der Waals surface area contributed by atoms with Crippen molar-refractivity contribution in [1.29, 1.82) is 0 Å². The molecule has 0 spiro atoms. The van der Waals surface area contributed by atoms with Gasteiger partial charge in [0.05, 0.1) is 7.11 Å². The van der Waals surface area contributed by atoms with E-state index < -0.39 is 11.6 Å². The third kappa shape index (κ3) is 2.49. The molecule has 0 aliphatic carbocycles. The number of hydroxylamine groups is 1. The molecule has 0 aromatic heterocycles. The van der Waals surface area contributed by atoms with Crippen LogP contribution >= 0.6 is 0 Å². The molecule has 1 aromatic rings. The van der Waals surface area contributed by atoms with Crippen LogP contribution in [0.3, 0.4) is 0 Å². The third-order valence-corrected chi connectivity index (χ3v) is 2.00. The van der Waals surface area contributed by atoms with Crippen LogP contribution in [0.4, 0.5) is 8.78 Å². The van der Waals surface area contributed by atoms with Gasteiger partial charge in [-0.05, 0) is 18.1 Å². The van der Waals surface area contributed by atoms with Gasteiger partial charge in [0.25, 0.3) is 0 Å². The lowest BCUT2D eigenvalue weighted by atomic mass is 10.1. The first-order chi connectivity index (χ1) is 6.69. The second kappa shape index (κ2) is 5.02. The van der Waals surface area contributed by atoms with Crippen LogP contribution in [0, 0.1) is 11.6 Å². The van der Waals surface area contributed by atoms with Crippen molar-refractivity contribution in [3.05, 3.63) is 34.9 Å². The summed E-state index contributed by atoms with van der Waals surface area (Å²) in [5.41, 5.74) is 3.43. The summed E-state index contributed by atoms with van der Waals surface area (Å²) in [4.78, 5) is 4.59. The molecule has 0 fully saturated rings. The molecule has 0 aliphatic rings. The molecule has 4 heteroatoms. The van der Waals surface area contributed by atoms with Crippen LogP contribution in [0.15, 0.2) is 12.1 Å². The lowest BCUT2D eigenvalue weighted by Gasteiger charge is -2.07. The summed E-state index contributed by atoms with van der Waals surface area (Å²) in [6.45, 7) is 2.06. The highest BCUT2D eigenvalue weighted by Gasteiger charge is 2.08. The predicted molar refractivity (Wildman–Crippen MR) is 49.6 cm³/mol. The standard InChI is InChI=1S/C10H13F2NO/c1-3-7-4-8(6-13-14-2)10(12)5-9(7)11/h4-5,13H,3,6H2,1-2H3. The van der Waals surface area contributed by atoms with Crippen molar-refractivity contribution >= 4 is 0 Å². The van der Waals surface area contributed by atoms with Gasteiger partial charge in [0, 0.05) is 18.2 Å². The van der Waals surface area contributed by atoms with E-state index in [1.54, 1.807) is 0 Å². The minimum absolute atomic E-state index is 0.232. The Morgan fingerprint density at radius 1 is 1.21 bits per heavy atom. The Kier molecular flexibility index (Phi) is 3.98. The van der Waals surface area contributed by atoms with Gasteiger partial charge in [0.1, 0.15) is 11.6 Å². The highest BCUT2D eigenvalue weighted by molar-refractivity contribution is 5.26. The van der Waals surface area contributed by atoms with Gasteiger partial charge >= 0.3 is 0 Å². The van der Waals surface area contributed by atoms with Gasteiger partial charge in [-0.15, -0.1) is 0 Å². The largest absolute Gasteiger partial charge is 0.305 e. The fourth-order valence-corrected chi connectivity index (χ4v) is 1.20. The zero-order valence-electron chi connectivity index (χ0n) is 8.23. The van der Waals surface area contributed by atoms with Gasteiger partial charge in [0.15, 0.2) is 0 Å². The van der Waals surface area contributed by atoms with E-state index in [2.05, 4.69) is 10.3 Å². The van der Waals surface area contributed by atoms with E-state index in [0.717, 1.165) is 6.07 Å². The number of halogens is 2. The van der Waals surface area contributed by atoms with Gasteiger partial charge in [-0.3, -0.25) is 0 Å². The molecule has 0 bridgehead atoms. The number of rotatable bonds is 4. The molecule has 1 aromatic carbocycles. The quantitative estimate of drug-likeness (QED) is 0.754. The van der Waals surface area contributed by atoms with Gasteiger partial charge < -0.3 is 4.84 Å². The summed E-state index contributed by atoms with van der Waals surface area (Å²) < 4.78 is 26.2. The zero-order valence-corrected chi connectivity index (χ0v) is 8.23. The van der Waals surface area contributed by atoms with E-state index in [1.165, 1.54) is 13.2 Å². The maximum absolute atomic E-state index is 13.2. The van der Waals surface area contributed by atoms with Crippen LogP contribution in [-0.4, -0.2) is 7.11 Å². The van der Waals surface area contributed by atoms with Gasteiger partial charge in [-0.25, -0.2) is 8.78 Å². The van der Waals surface area contributed by atoms with Crippen LogP contribution in [0.25, 0.3) is 0 Å². The van der Waals surface area contributed by atoms with Gasteiger partial charge in [0.2, 0.25) is 0 Å². The molecule has 78 valence electrons. The average molecular weight is 201 g/mol. The molecule has 1 rings (SSSR count). The maximum Gasteiger partial charge on any atom is 0.130 e. The number of hydrogen-bond donors (Lipinski definition) is 1. The summed E-state index contributed by atoms with van der Waals surface area (Å²) in [7, 11) is 1.45. The lowest BCUT2D eigenvalue weighted by molar-refractivity contribution is 0.0859. The predicted octanol–water partition coefficient (Wildman–Crippen LogP) is 2.18. The van der Waals surface area contributed by atoms with Crippen molar-refractivity contribution in [3.8, 4) is 0 Å². The van der Waals surface area contributed by atoms with Crippen LogP contribution in [0.5, 0.6) is 0 Å². The van der Waals surface area contributed by atoms with E-state index in [1.807, 2.05) is 6.92 Å². The second-order valence-electron chi connectivity index (χ2n) is 2.91. The first kappa shape index (κ1) is 11.1. The minimum atomic E-state index is -0.552. The number of benzene rings is 1. The summed E-state index contributed by atoms with van der Waals surface area (Å²) in [5.74, 6) is -1.05. The molecule has 0 unspecified atom stereocenters. The smallest absolute Gasteiger partial charge is 0.130 e. The van der Waals surface area contributed by atoms with Crippen LogP contribution in [-0.2, 0) is 17.8 Å². The Morgan fingerprint density at radius 2 is 1.86 bits per heavy atom. The first-order valence-corrected chi connectivity index (χ1v) is 4.41.